The van der Waals surface area contributed by atoms with E-state index in [1.807, 2.05) is 42.2 Å². The molecule has 308 valence electrons. The number of thiazole rings is 2. The van der Waals surface area contributed by atoms with Crippen molar-refractivity contribution >= 4 is 92.9 Å². The van der Waals surface area contributed by atoms with Crippen LogP contribution in [0.2, 0.25) is 0 Å². The Morgan fingerprint density at radius 3 is 2.08 bits per heavy atom. The number of aromatic nitrogens is 5. The summed E-state index contributed by atoms with van der Waals surface area (Å²) in [6, 6.07) is 28.9. The highest BCUT2D eigenvalue weighted by Crippen LogP contribution is 2.45. The number of para-hydroxylation sites is 3. The first-order valence-corrected chi connectivity index (χ1v) is 23.0. The standard InChI is InChI=1S/C45H42N10O3S3/c1-7-28-15-13-16-29(8-2)40(28)50-42-39(51-52-43-33(25-46)27(6)53-55(43)45-48-34-19-11-12-20-36(34)59-45)26(5)23-38(49-42)54(41-30(9-3)17-14-18-31(41)10-4)44-47-35-22-21-32(61(56,57)58)24-37(35)60-44/h11-24H,7-10H2,1-6H3,(H,49,50)(H,56,57,58). The number of rotatable bonds is 13. The van der Waals surface area contributed by atoms with Crippen LogP contribution in [0.25, 0.3) is 25.6 Å². The Kier molecular flexibility index (Phi) is 11.5. The van der Waals surface area contributed by atoms with Crippen LogP contribution >= 0.6 is 22.7 Å². The number of anilines is 5. The molecule has 0 fully saturated rings. The van der Waals surface area contributed by atoms with Crippen LogP contribution in [0.1, 0.15) is 66.8 Å². The Morgan fingerprint density at radius 1 is 0.787 bits per heavy atom. The van der Waals surface area contributed by atoms with Gasteiger partial charge in [0.2, 0.25) is 5.13 Å². The topological polar surface area (TPSA) is 175 Å². The molecule has 13 nitrogen and oxygen atoms in total. The Hall–Kier alpha value is -6.38. The maximum absolute atomic E-state index is 12.2. The molecule has 4 heterocycles. The number of pyridine rings is 1. The van der Waals surface area contributed by atoms with Crippen molar-refractivity contribution < 1.29 is 13.0 Å². The van der Waals surface area contributed by atoms with E-state index in [9.17, 15) is 18.2 Å². The third-order valence-corrected chi connectivity index (χ3v) is 13.4. The van der Waals surface area contributed by atoms with Crippen LogP contribution in [0.4, 0.5) is 39.6 Å². The van der Waals surface area contributed by atoms with Gasteiger partial charge in [-0.25, -0.2) is 15.0 Å². The summed E-state index contributed by atoms with van der Waals surface area (Å²) in [7, 11) is -4.44. The molecule has 0 aliphatic heterocycles. The van der Waals surface area contributed by atoms with Gasteiger partial charge in [0, 0.05) is 5.69 Å². The van der Waals surface area contributed by atoms with Crippen LogP contribution in [0.15, 0.2) is 100 Å². The lowest BCUT2D eigenvalue weighted by Gasteiger charge is -2.27. The van der Waals surface area contributed by atoms with E-state index in [1.165, 1.54) is 34.8 Å². The first kappa shape index (κ1) is 41.4. The third kappa shape index (κ3) is 7.88. The zero-order valence-electron chi connectivity index (χ0n) is 34.4. The van der Waals surface area contributed by atoms with Crippen molar-refractivity contribution in [1.82, 2.24) is 24.7 Å². The molecule has 0 atom stereocenters. The van der Waals surface area contributed by atoms with Gasteiger partial charge in [-0.05, 0) is 104 Å². The molecule has 0 spiro atoms. The number of hydrogen-bond donors (Lipinski definition) is 2. The van der Waals surface area contributed by atoms with Gasteiger partial charge < -0.3 is 5.32 Å². The van der Waals surface area contributed by atoms with Gasteiger partial charge in [0.05, 0.1) is 36.7 Å². The van der Waals surface area contributed by atoms with Crippen molar-refractivity contribution in [2.24, 2.45) is 10.2 Å². The number of azo groups is 1. The first-order valence-electron chi connectivity index (χ1n) is 19.9. The predicted molar refractivity (Wildman–Crippen MR) is 244 cm³/mol. The van der Waals surface area contributed by atoms with E-state index >= 15 is 0 Å². The normalized spacial score (nSPS) is 11.8. The molecule has 0 radical (unpaired) electrons. The van der Waals surface area contributed by atoms with Gasteiger partial charge in [-0.2, -0.15) is 23.5 Å². The van der Waals surface area contributed by atoms with E-state index in [0.29, 0.717) is 43.5 Å². The van der Waals surface area contributed by atoms with Crippen LogP contribution < -0.4 is 10.2 Å². The molecule has 4 aromatic heterocycles. The molecule has 0 aliphatic rings. The molecule has 0 unspecified atom stereocenters. The molecule has 2 N–H and O–H groups in total. The van der Waals surface area contributed by atoms with E-state index in [0.717, 1.165) is 75.1 Å². The summed E-state index contributed by atoms with van der Waals surface area (Å²) in [5.74, 6) is 1.23. The summed E-state index contributed by atoms with van der Waals surface area (Å²) in [6.07, 6.45) is 2.98. The van der Waals surface area contributed by atoms with Crippen molar-refractivity contribution in [2.75, 3.05) is 10.2 Å². The molecule has 0 saturated carbocycles. The fourth-order valence-electron chi connectivity index (χ4n) is 7.38. The molecule has 16 heteroatoms. The summed E-state index contributed by atoms with van der Waals surface area (Å²) >= 11 is 2.75. The first-order chi connectivity index (χ1) is 29.5. The zero-order chi connectivity index (χ0) is 43.0. The number of hydrogen-bond acceptors (Lipinski definition) is 13. The number of fused-ring (bicyclic) bond motifs is 2. The fourth-order valence-corrected chi connectivity index (χ4v) is 9.90. The van der Waals surface area contributed by atoms with Crippen molar-refractivity contribution in [3.8, 4) is 11.2 Å². The minimum Gasteiger partial charge on any atom is -0.338 e. The predicted octanol–water partition coefficient (Wildman–Crippen LogP) is 12.1. The Bertz CT molecular complexity index is 3080. The third-order valence-electron chi connectivity index (χ3n) is 10.5. The van der Waals surface area contributed by atoms with Crippen molar-refractivity contribution in [3.63, 3.8) is 0 Å². The molecule has 0 aliphatic carbocycles. The second-order valence-electron chi connectivity index (χ2n) is 14.3. The monoisotopic (exact) mass is 866 g/mol. The Balaban J connectivity index is 1.37. The summed E-state index contributed by atoms with van der Waals surface area (Å²) in [6.45, 7) is 12.1. The van der Waals surface area contributed by atoms with E-state index in [-0.39, 0.29) is 16.3 Å². The summed E-state index contributed by atoms with van der Waals surface area (Å²) in [5, 5.41) is 29.5. The highest BCUT2D eigenvalue weighted by molar-refractivity contribution is 7.85. The zero-order valence-corrected chi connectivity index (χ0v) is 36.9. The number of nitrogens with zero attached hydrogens (tertiary/aromatic N) is 9. The summed E-state index contributed by atoms with van der Waals surface area (Å²) < 4.78 is 37.3. The van der Waals surface area contributed by atoms with E-state index in [1.54, 1.807) is 17.7 Å². The number of aryl methyl sites for hydroxylation is 6. The Labute approximate surface area is 361 Å². The molecular formula is C45H42N10O3S3. The van der Waals surface area contributed by atoms with E-state index in [4.69, 9.17) is 25.2 Å². The second-order valence-corrected chi connectivity index (χ2v) is 17.8. The average Bonchev–Trinajstić information content (AvgIpc) is 3.97. The highest BCUT2D eigenvalue weighted by atomic mass is 32.2. The van der Waals surface area contributed by atoms with Gasteiger partial charge in [0.15, 0.2) is 16.8 Å². The minimum atomic E-state index is -4.44. The molecule has 8 rings (SSSR count). The van der Waals surface area contributed by atoms with Crippen LogP contribution in [0, 0.1) is 25.2 Å². The van der Waals surface area contributed by atoms with Crippen molar-refractivity contribution in [2.45, 2.75) is 72.1 Å². The molecule has 8 aromatic rings. The van der Waals surface area contributed by atoms with Crippen molar-refractivity contribution in [1.29, 1.82) is 5.26 Å². The van der Waals surface area contributed by atoms with Gasteiger partial charge in [0.1, 0.15) is 23.1 Å². The number of nitriles is 1. The van der Waals surface area contributed by atoms with E-state index in [2.05, 4.69) is 80.6 Å². The quantitative estimate of drug-likeness (QED) is 0.0838. The van der Waals surface area contributed by atoms with Gasteiger partial charge in [-0.15, -0.1) is 10.2 Å². The Morgan fingerprint density at radius 2 is 1.44 bits per heavy atom. The molecule has 61 heavy (non-hydrogen) atoms. The van der Waals surface area contributed by atoms with Gasteiger partial charge in [-0.1, -0.05) is 98.9 Å². The lowest BCUT2D eigenvalue weighted by atomic mass is 10.0. The fraction of sp³-hybridized carbons (Fsp3) is 0.222. The summed E-state index contributed by atoms with van der Waals surface area (Å²) in [5.41, 5.74) is 9.55. The second kappa shape index (κ2) is 16.9. The molecular weight excluding hydrogens is 825 g/mol. The highest BCUT2D eigenvalue weighted by Gasteiger charge is 2.27. The van der Waals surface area contributed by atoms with E-state index < -0.39 is 10.1 Å². The maximum atomic E-state index is 12.2. The molecule has 0 amide bonds. The number of nitrogens with one attached hydrogen (secondary N) is 1. The molecule has 0 bridgehead atoms. The lowest BCUT2D eigenvalue weighted by Crippen LogP contribution is -2.16. The van der Waals surface area contributed by atoms with Gasteiger partial charge in [0.25, 0.3) is 10.1 Å². The minimum absolute atomic E-state index is 0.208. The van der Waals surface area contributed by atoms with Crippen LogP contribution in [-0.2, 0) is 35.8 Å². The molecule has 0 saturated heterocycles. The summed E-state index contributed by atoms with van der Waals surface area (Å²) in [4.78, 5) is 17.0. The van der Waals surface area contributed by atoms with Gasteiger partial charge >= 0.3 is 0 Å². The largest absolute Gasteiger partial charge is 0.338 e. The average molecular weight is 867 g/mol. The lowest BCUT2D eigenvalue weighted by molar-refractivity contribution is 0.483. The van der Waals surface area contributed by atoms with Crippen LogP contribution in [0.3, 0.4) is 0 Å². The number of benzene rings is 4. The molecule has 4 aromatic carbocycles. The van der Waals surface area contributed by atoms with Crippen LogP contribution in [-0.4, -0.2) is 37.7 Å². The van der Waals surface area contributed by atoms with Crippen LogP contribution in [0.5, 0.6) is 0 Å². The maximum Gasteiger partial charge on any atom is 0.294 e. The van der Waals surface area contributed by atoms with Gasteiger partial charge in [-0.3, -0.25) is 9.45 Å². The SMILES string of the molecule is CCc1cccc(CC)c1Nc1nc(N(c2nc3ccc(S(=O)(=O)O)cc3s2)c2c(CC)cccc2CC)cc(C)c1N=Nc1c(C#N)c(C)nn1-c1nc2ccccc2s1. The van der Waals surface area contributed by atoms with Crippen molar-refractivity contribution in [3.05, 3.63) is 124 Å². The smallest absolute Gasteiger partial charge is 0.294 e.